The van der Waals surface area contributed by atoms with Gasteiger partial charge in [0.2, 0.25) is 0 Å². The van der Waals surface area contributed by atoms with Gasteiger partial charge < -0.3 is 0 Å². The van der Waals surface area contributed by atoms with Crippen molar-refractivity contribution < 1.29 is 9.72 Å². The van der Waals surface area contributed by atoms with E-state index in [9.17, 15) is 14.9 Å². The van der Waals surface area contributed by atoms with Gasteiger partial charge in [-0.05, 0) is 23.6 Å². The number of nitro groups is 1. The summed E-state index contributed by atoms with van der Waals surface area (Å²) in [5.41, 5.74) is 1.22. The largest absolute Gasteiger partial charge is 0.299 e. The van der Waals surface area contributed by atoms with Crippen molar-refractivity contribution in [2.75, 3.05) is 0 Å². The van der Waals surface area contributed by atoms with Crippen molar-refractivity contribution in [3.63, 3.8) is 0 Å². The van der Waals surface area contributed by atoms with E-state index in [-0.39, 0.29) is 11.6 Å². The SMILES string of the molecule is CC(C)C(=CC=O)c1ccccc1[N+](=O)[O-]. The molecule has 1 aromatic carbocycles. The van der Waals surface area contributed by atoms with Crippen LogP contribution in [0.5, 0.6) is 0 Å². The molecule has 0 saturated heterocycles. The Labute approximate surface area is 93.7 Å². The molecule has 1 aromatic rings. The minimum Gasteiger partial charge on any atom is -0.299 e. The molecule has 1 rings (SSSR count). The molecule has 0 unspecified atom stereocenters. The van der Waals surface area contributed by atoms with E-state index in [1.54, 1.807) is 18.2 Å². The summed E-state index contributed by atoms with van der Waals surface area (Å²) in [5.74, 6) is 0.0614. The van der Waals surface area contributed by atoms with E-state index in [2.05, 4.69) is 0 Å². The van der Waals surface area contributed by atoms with Gasteiger partial charge in [0.1, 0.15) is 6.29 Å². The lowest BCUT2D eigenvalue weighted by molar-refractivity contribution is -0.385. The van der Waals surface area contributed by atoms with Gasteiger partial charge >= 0.3 is 0 Å². The van der Waals surface area contributed by atoms with Gasteiger partial charge in [0.05, 0.1) is 10.5 Å². The van der Waals surface area contributed by atoms with E-state index in [1.165, 1.54) is 12.1 Å². The molecule has 0 fully saturated rings. The van der Waals surface area contributed by atoms with Crippen LogP contribution in [0.1, 0.15) is 19.4 Å². The number of benzene rings is 1. The summed E-state index contributed by atoms with van der Waals surface area (Å²) in [7, 11) is 0. The molecular weight excluding hydrogens is 206 g/mol. The molecule has 0 atom stereocenters. The number of carbonyl (C=O) groups is 1. The van der Waals surface area contributed by atoms with Crippen molar-refractivity contribution in [3.05, 3.63) is 46.0 Å². The number of rotatable bonds is 4. The smallest absolute Gasteiger partial charge is 0.276 e. The summed E-state index contributed by atoms with van der Waals surface area (Å²) >= 11 is 0. The van der Waals surface area contributed by atoms with Crippen LogP contribution in [0.3, 0.4) is 0 Å². The summed E-state index contributed by atoms with van der Waals surface area (Å²) < 4.78 is 0. The van der Waals surface area contributed by atoms with Gasteiger partial charge in [0, 0.05) is 6.07 Å². The van der Waals surface area contributed by atoms with Gasteiger partial charge in [-0.15, -0.1) is 0 Å². The van der Waals surface area contributed by atoms with Gasteiger partial charge in [0.25, 0.3) is 5.69 Å². The second kappa shape index (κ2) is 5.21. The molecular formula is C12H13NO3. The molecule has 0 N–H and O–H groups in total. The monoisotopic (exact) mass is 219 g/mol. The lowest BCUT2D eigenvalue weighted by Gasteiger charge is -2.10. The lowest BCUT2D eigenvalue weighted by atomic mass is 9.94. The molecule has 84 valence electrons. The average Bonchev–Trinajstić information content (AvgIpc) is 2.25. The van der Waals surface area contributed by atoms with Crippen LogP contribution in [0.25, 0.3) is 5.57 Å². The number of para-hydroxylation sites is 1. The lowest BCUT2D eigenvalue weighted by Crippen LogP contribution is -1.99. The first-order valence-electron chi connectivity index (χ1n) is 4.97. The molecule has 0 aliphatic carbocycles. The second-order valence-corrected chi connectivity index (χ2v) is 3.69. The van der Waals surface area contributed by atoms with Crippen molar-refractivity contribution in [3.8, 4) is 0 Å². The molecule has 0 radical (unpaired) electrons. The van der Waals surface area contributed by atoms with Crippen LogP contribution < -0.4 is 0 Å². The standard InChI is InChI=1S/C12H13NO3/c1-9(2)10(7-8-14)11-5-3-4-6-12(11)13(15)16/h3-9H,1-2H3. The van der Waals surface area contributed by atoms with Crippen LogP contribution in [-0.2, 0) is 4.79 Å². The van der Waals surface area contributed by atoms with Crippen LogP contribution in [0, 0.1) is 16.0 Å². The molecule has 16 heavy (non-hydrogen) atoms. The van der Waals surface area contributed by atoms with E-state index in [0.29, 0.717) is 17.4 Å². The molecule has 0 aliphatic heterocycles. The Morgan fingerprint density at radius 3 is 2.50 bits per heavy atom. The first-order valence-corrected chi connectivity index (χ1v) is 4.97. The van der Waals surface area contributed by atoms with Crippen LogP contribution in [0.2, 0.25) is 0 Å². The van der Waals surface area contributed by atoms with Crippen LogP contribution >= 0.6 is 0 Å². The molecule has 4 heteroatoms. The second-order valence-electron chi connectivity index (χ2n) is 3.69. The van der Waals surface area contributed by atoms with Crippen LogP contribution in [-0.4, -0.2) is 11.2 Å². The Hall–Kier alpha value is -1.97. The van der Waals surface area contributed by atoms with E-state index in [0.717, 1.165) is 0 Å². The molecule has 0 aromatic heterocycles. The van der Waals surface area contributed by atoms with Gasteiger partial charge in [-0.2, -0.15) is 0 Å². The molecule has 0 bridgehead atoms. The summed E-state index contributed by atoms with van der Waals surface area (Å²) in [4.78, 5) is 20.9. The summed E-state index contributed by atoms with van der Waals surface area (Å²) in [6.07, 6.45) is 2.04. The maximum atomic E-state index is 10.8. The number of aldehydes is 1. The number of nitrogens with zero attached hydrogens (tertiary/aromatic N) is 1. The van der Waals surface area contributed by atoms with Gasteiger partial charge in [-0.3, -0.25) is 14.9 Å². The fraction of sp³-hybridized carbons (Fsp3) is 0.250. The third-order valence-corrected chi connectivity index (χ3v) is 2.28. The number of hydrogen-bond acceptors (Lipinski definition) is 3. The van der Waals surface area contributed by atoms with Crippen molar-refractivity contribution in [2.45, 2.75) is 13.8 Å². The molecule has 0 spiro atoms. The first-order chi connectivity index (χ1) is 7.57. The topological polar surface area (TPSA) is 60.2 Å². The Morgan fingerprint density at radius 2 is 2.00 bits per heavy atom. The third-order valence-electron chi connectivity index (χ3n) is 2.28. The number of allylic oxidation sites excluding steroid dienone is 2. The fourth-order valence-electron chi connectivity index (χ4n) is 1.54. The maximum absolute atomic E-state index is 10.8. The highest BCUT2D eigenvalue weighted by atomic mass is 16.6. The molecule has 4 nitrogen and oxygen atoms in total. The van der Waals surface area contributed by atoms with E-state index in [1.807, 2.05) is 13.8 Å². The fourth-order valence-corrected chi connectivity index (χ4v) is 1.54. The highest BCUT2D eigenvalue weighted by Gasteiger charge is 2.17. The summed E-state index contributed by atoms with van der Waals surface area (Å²) in [5, 5.41) is 10.8. The van der Waals surface area contributed by atoms with Crippen molar-refractivity contribution in [1.82, 2.24) is 0 Å². The minimum absolute atomic E-state index is 0.0318. The van der Waals surface area contributed by atoms with E-state index in [4.69, 9.17) is 0 Å². The summed E-state index contributed by atoms with van der Waals surface area (Å²) in [6.45, 7) is 3.79. The highest BCUT2D eigenvalue weighted by molar-refractivity contribution is 5.85. The number of carbonyl (C=O) groups excluding carboxylic acids is 1. The molecule has 0 saturated carbocycles. The van der Waals surface area contributed by atoms with Crippen molar-refractivity contribution >= 4 is 17.5 Å². The predicted molar refractivity (Wildman–Crippen MR) is 62.0 cm³/mol. The minimum atomic E-state index is -0.434. The third kappa shape index (κ3) is 2.53. The normalized spacial score (nSPS) is 11.6. The number of hydrogen-bond donors (Lipinski definition) is 0. The zero-order valence-corrected chi connectivity index (χ0v) is 9.21. The Bertz CT molecular complexity index is 436. The summed E-state index contributed by atoms with van der Waals surface area (Å²) in [6, 6.07) is 6.44. The Morgan fingerprint density at radius 1 is 1.38 bits per heavy atom. The first kappa shape index (κ1) is 12.1. The average molecular weight is 219 g/mol. The van der Waals surface area contributed by atoms with E-state index >= 15 is 0 Å². The molecule has 0 heterocycles. The molecule has 0 aliphatic rings. The van der Waals surface area contributed by atoms with Crippen LogP contribution in [0.4, 0.5) is 5.69 Å². The van der Waals surface area contributed by atoms with Crippen molar-refractivity contribution in [1.29, 1.82) is 0 Å². The van der Waals surface area contributed by atoms with Crippen LogP contribution in [0.15, 0.2) is 30.3 Å². The van der Waals surface area contributed by atoms with Gasteiger partial charge in [-0.1, -0.05) is 26.0 Å². The maximum Gasteiger partial charge on any atom is 0.276 e. The highest BCUT2D eigenvalue weighted by Crippen LogP contribution is 2.30. The number of nitro benzene ring substituents is 1. The van der Waals surface area contributed by atoms with Gasteiger partial charge in [0.15, 0.2) is 0 Å². The zero-order valence-electron chi connectivity index (χ0n) is 9.21. The predicted octanol–water partition coefficient (Wildman–Crippen LogP) is 2.83. The zero-order chi connectivity index (χ0) is 12.1. The molecule has 0 amide bonds. The van der Waals surface area contributed by atoms with E-state index < -0.39 is 4.92 Å². The Balaban J connectivity index is 3.35. The van der Waals surface area contributed by atoms with Crippen molar-refractivity contribution in [2.24, 2.45) is 5.92 Å². The Kier molecular flexibility index (Phi) is 3.94. The quantitative estimate of drug-likeness (QED) is 0.338. The van der Waals surface area contributed by atoms with Gasteiger partial charge in [-0.25, -0.2) is 0 Å².